The summed E-state index contributed by atoms with van der Waals surface area (Å²) in [6.07, 6.45) is 1.20. The summed E-state index contributed by atoms with van der Waals surface area (Å²) in [6, 6.07) is 12.0. The number of benzene rings is 1. The largest absolute Gasteiger partial charge is 0.315 e. The molecule has 2 atom stereocenters. The Morgan fingerprint density at radius 2 is 1.78 bits per heavy atom. The van der Waals surface area contributed by atoms with Crippen molar-refractivity contribution in [2.45, 2.75) is 46.2 Å². The summed E-state index contributed by atoms with van der Waals surface area (Å²) in [7, 11) is 0. The molecule has 18 heavy (non-hydrogen) atoms. The minimum atomic E-state index is 0.478. The van der Waals surface area contributed by atoms with Gasteiger partial charge in [0.1, 0.15) is 0 Å². The molecule has 1 rings (SSSR count). The monoisotopic (exact) mass is 248 g/mol. The number of hydrogen-bond acceptors (Lipinski definition) is 2. The highest BCUT2D eigenvalue weighted by Gasteiger charge is 2.22. The lowest BCUT2D eigenvalue weighted by Gasteiger charge is -2.36. The molecule has 0 aliphatic carbocycles. The van der Waals surface area contributed by atoms with Crippen LogP contribution in [0.15, 0.2) is 30.3 Å². The second-order valence-corrected chi connectivity index (χ2v) is 4.82. The molecule has 1 aromatic rings. The van der Waals surface area contributed by atoms with E-state index in [4.69, 9.17) is 0 Å². The minimum Gasteiger partial charge on any atom is -0.315 e. The smallest absolute Gasteiger partial charge is 0.0475 e. The quantitative estimate of drug-likeness (QED) is 0.758. The zero-order chi connectivity index (χ0) is 13.4. The third kappa shape index (κ3) is 4.11. The van der Waals surface area contributed by atoms with Crippen molar-refractivity contribution in [3.63, 3.8) is 0 Å². The van der Waals surface area contributed by atoms with E-state index >= 15 is 0 Å². The predicted octanol–water partition coefficient (Wildman–Crippen LogP) is 3.46. The van der Waals surface area contributed by atoms with E-state index in [2.05, 4.69) is 68.2 Å². The second kappa shape index (κ2) is 8.28. The van der Waals surface area contributed by atoms with Crippen molar-refractivity contribution in [2.75, 3.05) is 19.6 Å². The number of likely N-dealkylation sites (N-methyl/N-ethyl adjacent to an activating group) is 2. The van der Waals surface area contributed by atoms with Gasteiger partial charge in [0.15, 0.2) is 0 Å². The van der Waals surface area contributed by atoms with E-state index in [1.165, 1.54) is 12.0 Å². The van der Waals surface area contributed by atoms with Crippen molar-refractivity contribution in [2.24, 2.45) is 0 Å². The SMILES string of the molecule is CCNCC(c1ccccc1)N(CC)C(C)CC. The number of nitrogens with zero attached hydrogens (tertiary/aromatic N) is 1. The molecule has 0 spiro atoms. The summed E-state index contributed by atoms with van der Waals surface area (Å²) in [5.74, 6) is 0. The van der Waals surface area contributed by atoms with E-state index in [1.54, 1.807) is 0 Å². The summed E-state index contributed by atoms with van der Waals surface area (Å²) in [6.45, 7) is 12.2. The van der Waals surface area contributed by atoms with Crippen LogP contribution < -0.4 is 5.32 Å². The molecule has 102 valence electrons. The maximum absolute atomic E-state index is 3.50. The van der Waals surface area contributed by atoms with Crippen molar-refractivity contribution in [1.82, 2.24) is 10.2 Å². The molecule has 1 N–H and O–H groups in total. The summed E-state index contributed by atoms with van der Waals surface area (Å²) in [4.78, 5) is 2.60. The summed E-state index contributed by atoms with van der Waals surface area (Å²) in [5, 5.41) is 3.50. The highest BCUT2D eigenvalue weighted by atomic mass is 15.2. The molecule has 0 aliphatic heterocycles. The first-order chi connectivity index (χ1) is 8.74. The van der Waals surface area contributed by atoms with E-state index in [0.717, 1.165) is 19.6 Å². The van der Waals surface area contributed by atoms with Gasteiger partial charge in [-0.1, -0.05) is 51.1 Å². The number of hydrogen-bond donors (Lipinski definition) is 1. The van der Waals surface area contributed by atoms with E-state index in [9.17, 15) is 0 Å². The number of rotatable bonds is 8. The van der Waals surface area contributed by atoms with Crippen LogP contribution in [0, 0.1) is 0 Å². The van der Waals surface area contributed by atoms with Crippen LogP contribution in [-0.2, 0) is 0 Å². The second-order valence-electron chi connectivity index (χ2n) is 4.82. The molecule has 2 heteroatoms. The first kappa shape index (κ1) is 15.2. The Kier molecular flexibility index (Phi) is 6.99. The van der Waals surface area contributed by atoms with Crippen LogP contribution in [0.1, 0.15) is 45.7 Å². The Morgan fingerprint density at radius 1 is 1.11 bits per heavy atom. The number of nitrogens with one attached hydrogen (secondary N) is 1. The molecule has 2 nitrogen and oxygen atoms in total. The molecule has 2 unspecified atom stereocenters. The lowest BCUT2D eigenvalue weighted by molar-refractivity contribution is 0.145. The van der Waals surface area contributed by atoms with Gasteiger partial charge in [-0.25, -0.2) is 0 Å². The molecule has 0 amide bonds. The van der Waals surface area contributed by atoms with Crippen molar-refractivity contribution in [3.05, 3.63) is 35.9 Å². The van der Waals surface area contributed by atoms with Crippen molar-refractivity contribution in [1.29, 1.82) is 0 Å². The predicted molar refractivity (Wildman–Crippen MR) is 79.9 cm³/mol. The normalized spacial score (nSPS) is 14.7. The first-order valence-electron chi connectivity index (χ1n) is 7.25. The minimum absolute atomic E-state index is 0.478. The van der Waals surface area contributed by atoms with E-state index in [0.29, 0.717) is 12.1 Å². The maximum atomic E-state index is 3.50. The molecule has 0 fully saturated rings. The van der Waals surface area contributed by atoms with Crippen LogP contribution in [0.4, 0.5) is 0 Å². The van der Waals surface area contributed by atoms with E-state index in [-0.39, 0.29) is 0 Å². The van der Waals surface area contributed by atoms with Gasteiger partial charge in [0.2, 0.25) is 0 Å². The third-order valence-corrected chi connectivity index (χ3v) is 3.69. The third-order valence-electron chi connectivity index (χ3n) is 3.69. The lowest BCUT2D eigenvalue weighted by atomic mass is 10.0. The zero-order valence-electron chi connectivity index (χ0n) is 12.3. The van der Waals surface area contributed by atoms with Gasteiger partial charge < -0.3 is 5.32 Å². The lowest BCUT2D eigenvalue weighted by Crippen LogP contribution is -2.41. The van der Waals surface area contributed by atoms with Crippen LogP contribution in [-0.4, -0.2) is 30.6 Å². The van der Waals surface area contributed by atoms with Gasteiger partial charge in [0.05, 0.1) is 0 Å². The van der Waals surface area contributed by atoms with Crippen LogP contribution in [0.3, 0.4) is 0 Å². The molecule has 0 heterocycles. The molecular formula is C16H28N2. The van der Waals surface area contributed by atoms with Crippen LogP contribution in [0.25, 0.3) is 0 Å². The van der Waals surface area contributed by atoms with Crippen molar-refractivity contribution in [3.8, 4) is 0 Å². The first-order valence-corrected chi connectivity index (χ1v) is 7.25. The summed E-state index contributed by atoms with van der Waals surface area (Å²) in [5.41, 5.74) is 1.42. The van der Waals surface area contributed by atoms with E-state index in [1.807, 2.05) is 0 Å². The molecule has 1 aromatic carbocycles. The van der Waals surface area contributed by atoms with Gasteiger partial charge in [0, 0.05) is 18.6 Å². The molecule has 0 bridgehead atoms. The van der Waals surface area contributed by atoms with Gasteiger partial charge in [-0.2, -0.15) is 0 Å². The molecule has 0 saturated heterocycles. The van der Waals surface area contributed by atoms with Gasteiger partial charge in [-0.05, 0) is 32.0 Å². The Morgan fingerprint density at radius 3 is 2.28 bits per heavy atom. The van der Waals surface area contributed by atoms with Gasteiger partial charge >= 0.3 is 0 Å². The maximum Gasteiger partial charge on any atom is 0.0475 e. The highest BCUT2D eigenvalue weighted by Crippen LogP contribution is 2.23. The molecule has 0 saturated carbocycles. The Labute approximate surface area is 112 Å². The Bertz CT molecular complexity index is 310. The Hall–Kier alpha value is -0.860. The fraction of sp³-hybridized carbons (Fsp3) is 0.625. The van der Waals surface area contributed by atoms with Crippen LogP contribution in [0.5, 0.6) is 0 Å². The van der Waals surface area contributed by atoms with Crippen LogP contribution >= 0.6 is 0 Å². The zero-order valence-corrected chi connectivity index (χ0v) is 12.3. The molecule has 0 aliphatic rings. The highest BCUT2D eigenvalue weighted by molar-refractivity contribution is 5.19. The fourth-order valence-electron chi connectivity index (χ4n) is 2.46. The average molecular weight is 248 g/mol. The average Bonchev–Trinajstić information content (AvgIpc) is 2.43. The van der Waals surface area contributed by atoms with Crippen molar-refractivity contribution >= 4 is 0 Å². The van der Waals surface area contributed by atoms with Gasteiger partial charge in [-0.15, -0.1) is 0 Å². The summed E-state index contributed by atoms with van der Waals surface area (Å²) >= 11 is 0. The van der Waals surface area contributed by atoms with Crippen LogP contribution in [0.2, 0.25) is 0 Å². The topological polar surface area (TPSA) is 15.3 Å². The van der Waals surface area contributed by atoms with Crippen molar-refractivity contribution < 1.29 is 0 Å². The molecule has 0 radical (unpaired) electrons. The van der Waals surface area contributed by atoms with Gasteiger partial charge in [-0.3, -0.25) is 4.90 Å². The molecule has 0 aromatic heterocycles. The van der Waals surface area contributed by atoms with E-state index < -0.39 is 0 Å². The molecular weight excluding hydrogens is 220 g/mol. The summed E-state index contributed by atoms with van der Waals surface area (Å²) < 4.78 is 0. The standard InChI is InChI=1S/C16H28N2/c1-5-14(4)18(7-3)16(13-17-6-2)15-11-9-8-10-12-15/h8-12,14,16-17H,5-7,13H2,1-4H3. The Balaban J connectivity index is 2.89. The van der Waals surface area contributed by atoms with Gasteiger partial charge in [0.25, 0.3) is 0 Å². The fourth-order valence-corrected chi connectivity index (χ4v) is 2.46.